The highest BCUT2D eigenvalue weighted by molar-refractivity contribution is 6.23. The minimum atomic E-state index is -0.631. The summed E-state index contributed by atoms with van der Waals surface area (Å²) < 4.78 is 0. The lowest BCUT2D eigenvalue weighted by Crippen LogP contribution is -2.38. The van der Waals surface area contributed by atoms with Crippen LogP contribution in [0, 0.1) is 0 Å². The number of rotatable bonds is 0. The molecule has 2 N–H and O–H groups in total. The summed E-state index contributed by atoms with van der Waals surface area (Å²) in [5.74, 6) is 0.168. The normalized spacial score (nSPS) is 26.8. The number of carbonyl (C=O) groups excluding carboxylic acids is 1. The molecule has 1 atom stereocenters. The molecule has 4 heteroatoms. The molecule has 1 aromatic rings. The van der Waals surface area contributed by atoms with Crippen molar-refractivity contribution >= 4 is 17.3 Å². The van der Waals surface area contributed by atoms with E-state index in [9.17, 15) is 9.90 Å². The Kier molecular flexibility index (Phi) is 1.67. The Bertz CT molecular complexity index is 522. The fraction of sp³-hybridized carbons (Fsp3) is 0.333. The molecule has 1 aromatic carbocycles. The fourth-order valence-electron chi connectivity index (χ4n) is 2.66. The number of benzene rings is 1. The van der Waals surface area contributed by atoms with Crippen molar-refractivity contribution < 1.29 is 9.90 Å². The number of phenols is 1. The van der Waals surface area contributed by atoms with Crippen LogP contribution in [-0.4, -0.2) is 23.3 Å². The summed E-state index contributed by atoms with van der Waals surface area (Å²) in [5, 5.41) is 12.4. The molecule has 4 nitrogen and oxygen atoms in total. The number of fused-ring (bicyclic) bond motifs is 2. The van der Waals surface area contributed by atoms with Crippen LogP contribution in [0.2, 0.25) is 0 Å². The SMILES string of the molecule is CC1=NCCC12C(=O)Nc1ccc(O)cc12. The summed E-state index contributed by atoms with van der Waals surface area (Å²) in [5.41, 5.74) is 1.86. The predicted molar refractivity (Wildman–Crippen MR) is 61.0 cm³/mol. The van der Waals surface area contributed by atoms with Crippen LogP contribution in [-0.2, 0) is 10.2 Å². The number of hydrogen-bond donors (Lipinski definition) is 2. The van der Waals surface area contributed by atoms with E-state index in [0.29, 0.717) is 13.0 Å². The Morgan fingerprint density at radius 3 is 3.00 bits per heavy atom. The van der Waals surface area contributed by atoms with Crippen molar-refractivity contribution in [1.29, 1.82) is 0 Å². The Hall–Kier alpha value is -1.84. The Morgan fingerprint density at radius 2 is 2.31 bits per heavy atom. The number of phenolic OH excluding ortho intramolecular Hbond substituents is 1. The number of nitrogens with zero attached hydrogens (tertiary/aromatic N) is 1. The van der Waals surface area contributed by atoms with Crippen LogP contribution in [0.25, 0.3) is 0 Å². The van der Waals surface area contributed by atoms with Gasteiger partial charge in [0.15, 0.2) is 0 Å². The van der Waals surface area contributed by atoms with Crippen molar-refractivity contribution in [3.05, 3.63) is 23.8 Å². The van der Waals surface area contributed by atoms with E-state index in [1.165, 1.54) is 0 Å². The van der Waals surface area contributed by atoms with Crippen molar-refractivity contribution in [2.45, 2.75) is 18.8 Å². The van der Waals surface area contributed by atoms with Gasteiger partial charge >= 0.3 is 0 Å². The summed E-state index contributed by atoms with van der Waals surface area (Å²) >= 11 is 0. The van der Waals surface area contributed by atoms with Gasteiger partial charge in [0.05, 0.1) is 0 Å². The van der Waals surface area contributed by atoms with Crippen LogP contribution < -0.4 is 5.32 Å². The summed E-state index contributed by atoms with van der Waals surface area (Å²) in [4.78, 5) is 16.4. The van der Waals surface area contributed by atoms with Gasteiger partial charge < -0.3 is 10.4 Å². The lowest BCUT2D eigenvalue weighted by atomic mass is 9.77. The monoisotopic (exact) mass is 216 g/mol. The van der Waals surface area contributed by atoms with Crippen LogP contribution >= 0.6 is 0 Å². The number of anilines is 1. The highest BCUT2D eigenvalue weighted by atomic mass is 16.3. The smallest absolute Gasteiger partial charge is 0.240 e. The van der Waals surface area contributed by atoms with Crippen LogP contribution in [0.1, 0.15) is 18.9 Å². The zero-order valence-electron chi connectivity index (χ0n) is 8.95. The molecule has 0 fully saturated rings. The average molecular weight is 216 g/mol. The highest BCUT2D eigenvalue weighted by Crippen LogP contribution is 2.45. The second kappa shape index (κ2) is 2.84. The van der Waals surface area contributed by atoms with E-state index in [0.717, 1.165) is 17.0 Å². The van der Waals surface area contributed by atoms with Gasteiger partial charge in [-0.25, -0.2) is 0 Å². The number of nitrogens with one attached hydrogen (secondary N) is 1. The first kappa shape index (κ1) is 9.39. The lowest BCUT2D eigenvalue weighted by molar-refractivity contribution is -0.118. The molecular weight excluding hydrogens is 204 g/mol. The third-order valence-electron chi connectivity index (χ3n) is 3.55. The lowest BCUT2D eigenvalue weighted by Gasteiger charge is -2.21. The van der Waals surface area contributed by atoms with Crippen molar-refractivity contribution in [3.63, 3.8) is 0 Å². The summed E-state index contributed by atoms with van der Waals surface area (Å²) in [7, 11) is 0. The molecule has 0 radical (unpaired) electrons. The Labute approximate surface area is 93.0 Å². The van der Waals surface area contributed by atoms with Gasteiger partial charge in [-0.15, -0.1) is 0 Å². The van der Waals surface area contributed by atoms with Crippen molar-refractivity contribution in [3.8, 4) is 5.75 Å². The standard InChI is InChI=1S/C12H12N2O2/c1-7-12(4-5-13-7)9-6-8(15)2-3-10(9)14-11(12)16/h2-3,6,15H,4-5H2,1H3,(H,14,16). The van der Waals surface area contributed by atoms with Crippen LogP contribution in [0.4, 0.5) is 5.69 Å². The van der Waals surface area contributed by atoms with Gasteiger partial charge in [-0.05, 0) is 31.5 Å². The minimum absolute atomic E-state index is 0.0214. The molecule has 16 heavy (non-hydrogen) atoms. The first-order valence-corrected chi connectivity index (χ1v) is 5.31. The van der Waals surface area contributed by atoms with Gasteiger partial charge in [-0.1, -0.05) is 0 Å². The summed E-state index contributed by atoms with van der Waals surface area (Å²) in [6, 6.07) is 4.99. The molecule has 2 aliphatic rings. The van der Waals surface area contributed by atoms with E-state index in [1.807, 2.05) is 6.92 Å². The van der Waals surface area contributed by atoms with Crippen LogP contribution in [0.3, 0.4) is 0 Å². The molecule has 0 aromatic heterocycles. The number of hydrogen-bond acceptors (Lipinski definition) is 3. The highest BCUT2D eigenvalue weighted by Gasteiger charge is 2.50. The summed E-state index contributed by atoms with van der Waals surface area (Å²) in [6.07, 6.45) is 0.696. The topological polar surface area (TPSA) is 61.7 Å². The molecule has 0 saturated carbocycles. The van der Waals surface area contributed by atoms with Crippen molar-refractivity contribution in [1.82, 2.24) is 0 Å². The van der Waals surface area contributed by atoms with Gasteiger partial charge in [0, 0.05) is 23.5 Å². The first-order valence-electron chi connectivity index (χ1n) is 5.31. The number of aliphatic imine (C=N–C) groups is 1. The van der Waals surface area contributed by atoms with E-state index in [4.69, 9.17) is 0 Å². The number of aromatic hydroxyl groups is 1. The van der Waals surface area contributed by atoms with E-state index >= 15 is 0 Å². The largest absolute Gasteiger partial charge is 0.508 e. The molecule has 2 heterocycles. The second-order valence-corrected chi connectivity index (χ2v) is 4.31. The zero-order chi connectivity index (χ0) is 11.3. The van der Waals surface area contributed by atoms with Crippen LogP contribution in [0.15, 0.2) is 23.2 Å². The molecule has 82 valence electrons. The summed E-state index contributed by atoms with van der Waals surface area (Å²) in [6.45, 7) is 2.56. The van der Waals surface area contributed by atoms with E-state index in [2.05, 4.69) is 10.3 Å². The maximum absolute atomic E-state index is 12.1. The number of carbonyl (C=O) groups is 1. The minimum Gasteiger partial charge on any atom is -0.508 e. The first-order chi connectivity index (χ1) is 7.64. The second-order valence-electron chi connectivity index (χ2n) is 4.31. The molecule has 1 amide bonds. The molecule has 0 bridgehead atoms. The quantitative estimate of drug-likeness (QED) is 0.645. The third-order valence-corrected chi connectivity index (χ3v) is 3.55. The van der Waals surface area contributed by atoms with Gasteiger partial charge in [0.1, 0.15) is 11.2 Å². The van der Waals surface area contributed by atoms with Crippen molar-refractivity contribution in [2.75, 3.05) is 11.9 Å². The maximum Gasteiger partial charge on any atom is 0.240 e. The molecule has 3 rings (SSSR count). The number of amides is 1. The fourth-order valence-corrected chi connectivity index (χ4v) is 2.66. The van der Waals surface area contributed by atoms with Gasteiger partial charge in [-0.2, -0.15) is 0 Å². The van der Waals surface area contributed by atoms with Gasteiger partial charge in [0.25, 0.3) is 0 Å². The molecule has 1 unspecified atom stereocenters. The molecule has 0 saturated heterocycles. The Balaban J connectivity index is 2.26. The third kappa shape index (κ3) is 0.939. The average Bonchev–Trinajstić information content (AvgIpc) is 2.75. The van der Waals surface area contributed by atoms with Crippen LogP contribution in [0.5, 0.6) is 5.75 Å². The van der Waals surface area contributed by atoms with E-state index < -0.39 is 5.41 Å². The van der Waals surface area contributed by atoms with E-state index in [1.54, 1.807) is 18.2 Å². The van der Waals surface area contributed by atoms with E-state index in [-0.39, 0.29) is 11.7 Å². The Morgan fingerprint density at radius 1 is 1.50 bits per heavy atom. The predicted octanol–water partition coefficient (Wildman–Crippen LogP) is 1.45. The zero-order valence-corrected chi connectivity index (χ0v) is 8.95. The molecular formula is C12H12N2O2. The molecule has 2 aliphatic heterocycles. The maximum atomic E-state index is 12.1. The molecule has 0 aliphatic carbocycles. The van der Waals surface area contributed by atoms with Gasteiger partial charge in [-0.3, -0.25) is 9.79 Å². The van der Waals surface area contributed by atoms with Gasteiger partial charge in [0.2, 0.25) is 5.91 Å². The van der Waals surface area contributed by atoms with Crippen molar-refractivity contribution in [2.24, 2.45) is 4.99 Å². The molecule has 1 spiro atoms.